The average molecular weight is 357 g/mol. The smallest absolute Gasteiger partial charge is 0.396 e. The van der Waals surface area contributed by atoms with E-state index in [-0.39, 0.29) is 35.8 Å². The van der Waals surface area contributed by atoms with Crippen molar-refractivity contribution in [1.82, 2.24) is 14.8 Å². The van der Waals surface area contributed by atoms with E-state index in [0.717, 1.165) is 5.56 Å². The molecule has 1 aromatic heterocycles. The van der Waals surface area contributed by atoms with Crippen LogP contribution < -0.4 is 0 Å². The van der Waals surface area contributed by atoms with Crippen molar-refractivity contribution in [2.75, 3.05) is 6.61 Å². The van der Waals surface area contributed by atoms with Crippen molar-refractivity contribution in [3.8, 4) is 0 Å². The van der Waals surface area contributed by atoms with E-state index in [0.29, 0.717) is 0 Å². The summed E-state index contributed by atoms with van der Waals surface area (Å²) in [6, 6.07) is 8.66. The predicted octanol–water partition coefficient (Wildman–Crippen LogP) is 3.53. The van der Waals surface area contributed by atoms with Crippen LogP contribution in [0.3, 0.4) is 0 Å². The zero-order valence-electron chi connectivity index (χ0n) is 12.7. The van der Waals surface area contributed by atoms with Gasteiger partial charge in [-0.15, -0.1) is 5.10 Å². The maximum absolute atomic E-state index is 14.2. The Bertz CT molecular complexity index is 739. The van der Waals surface area contributed by atoms with Gasteiger partial charge in [0, 0.05) is 18.2 Å². The number of rotatable bonds is 5. The van der Waals surface area contributed by atoms with Gasteiger partial charge in [-0.1, -0.05) is 30.3 Å². The number of hydrogen-bond donors (Lipinski definition) is 0. The number of hydrogen-bond acceptors (Lipinski definition) is 5. The first-order valence-corrected chi connectivity index (χ1v) is 8.13. The second kappa shape index (κ2) is 6.46. The standard InChI is InChI=1S/C15H14F3N3O2S/c1-2-23-13(22)15(17,18)24-14-19-12-10(16)8-11(21(12)20-14)9-6-4-3-5-7-9/h3-7,10-11H,2,8H2,1H3/t10-,11-/m0/s1. The zero-order valence-corrected chi connectivity index (χ0v) is 13.5. The highest BCUT2D eigenvalue weighted by Gasteiger charge is 2.45. The maximum atomic E-state index is 14.2. The molecule has 5 nitrogen and oxygen atoms in total. The highest BCUT2D eigenvalue weighted by Crippen LogP contribution is 2.42. The lowest BCUT2D eigenvalue weighted by atomic mass is 10.0. The summed E-state index contributed by atoms with van der Waals surface area (Å²) in [7, 11) is 0. The highest BCUT2D eigenvalue weighted by atomic mass is 32.2. The molecule has 0 radical (unpaired) electrons. The van der Waals surface area contributed by atoms with E-state index in [1.807, 2.05) is 30.3 Å². The molecule has 1 aromatic carbocycles. The van der Waals surface area contributed by atoms with Crippen LogP contribution in [0.1, 0.15) is 36.9 Å². The lowest BCUT2D eigenvalue weighted by Gasteiger charge is -2.13. The summed E-state index contributed by atoms with van der Waals surface area (Å²) in [5.74, 6) is -1.67. The van der Waals surface area contributed by atoms with Crippen molar-refractivity contribution in [3.63, 3.8) is 0 Å². The molecule has 2 heterocycles. The number of halogens is 3. The number of esters is 1. The number of thioether (sulfide) groups is 1. The fourth-order valence-corrected chi connectivity index (χ4v) is 3.17. The second-order valence-electron chi connectivity index (χ2n) is 5.17. The Balaban J connectivity index is 1.85. The van der Waals surface area contributed by atoms with E-state index in [1.165, 1.54) is 11.6 Å². The number of fused-ring (bicyclic) bond motifs is 1. The van der Waals surface area contributed by atoms with Crippen molar-refractivity contribution in [3.05, 3.63) is 41.7 Å². The van der Waals surface area contributed by atoms with Crippen LogP contribution >= 0.6 is 11.8 Å². The molecule has 1 aliphatic rings. The third-order valence-electron chi connectivity index (χ3n) is 3.56. The van der Waals surface area contributed by atoms with Gasteiger partial charge in [-0.3, -0.25) is 0 Å². The normalized spacial score (nSPS) is 20.0. The van der Waals surface area contributed by atoms with Gasteiger partial charge >= 0.3 is 11.2 Å². The largest absolute Gasteiger partial charge is 0.461 e. The Morgan fingerprint density at radius 1 is 1.42 bits per heavy atom. The molecule has 0 bridgehead atoms. The first-order valence-electron chi connectivity index (χ1n) is 7.32. The van der Waals surface area contributed by atoms with E-state index < -0.39 is 23.4 Å². The van der Waals surface area contributed by atoms with Gasteiger partial charge in [0.1, 0.15) is 0 Å². The van der Waals surface area contributed by atoms with Crippen LogP contribution in [0.25, 0.3) is 0 Å². The Morgan fingerprint density at radius 3 is 2.79 bits per heavy atom. The number of benzene rings is 1. The van der Waals surface area contributed by atoms with Crippen LogP contribution in [0, 0.1) is 0 Å². The van der Waals surface area contributed by atoms with Crippen molar-refractivity contribution < 1.29 is 22.7 Å². The van der Waals surface area contributed by atoms with E-state index >= 15 is 0 Å². The minimum absolute atomic E-state index is 0.00832. The molecule has 0 fully saturated rings. The van der Waals surface area contributed by atoms with Gasteiger partial charge in [-0.2, -0.15) is 8.78 Å². The molecule has 0 saturated carbocycles. The number of carbonyl (C=O) groups excluding carboxylic acids is 1. The predicted molar refractivity (Wildman–Crippen MR) is 80.5 cm³/mol. The Morgan fingerprint density at radius 2 is 2.12 bits per heavy atom. The van der Waals surface area contributed by atoms with Crippen LogP contribution in [-0.2, 0) is 9.53 Å². The van der Waals surface area contributed by atoms with Gasteiger partial charge in [0.2, 0.25) is 5.16 Å². The summed E-state index contributed by atoms with van der Waals surface area (Å²) in [4.78, 5) is 15.1. The molecular formula is C15H14F3N3O2S. The fourth-order valence-electron chi connectivity index (χ4n) is 2.53. The first kappa shape index (κ1) is 16.8. The van der Waals surface area contributed by atoms with Gasteiger partial charge in [0.25, 0.3) is 0 Å². The molecule has 128 valence electrons. The van der Waals surface area contributed by atoms with Crippen LogP contribution in [0.2, 0.25) is 0 Å². The zero-order chi connectivity index (χ0) is 17.3. The average Bonchev–Trinajstić information content (AvgIpc) is 3.08. The van der Waals surface area contributed by atoms with Gasteiger partial charge in [-0.25, -0.2) is 18.9 Å². The van der Waals surface area contributed by atoms with E-state index in [1.54, 1.807) is 0 Å². The number of nitrogens with zero attached hydrogens (tertiary/aromatic N) is 3. The molecule has 0 N–H and O–H groups in total. The third kappa shape index (κ3) is 3.12. The molecule has 0 amide bonds. The van der Waals surface area contributed by atoms with E-state index in [4.69, 9.17) is 0 Å². The lowest BCUT2D eigenvalue weighted by Crippen LogP contribution is -2.27. The molecule has 0 aliphatic carbocycles. The van der Waals surface area contributed by atoms with Crippen molar-refractivity contribution >= 4 is 17.7 Å². The van der Waals surface area contributed by atoms with Crippen LogP contribution in [0.4, 0.5) is 13.2 Å². The quantitative estimate of drug-likeness (QED) is 0.605. The maximum Gasteiger partial charge on any atom is 0.396 e. The van der Waals surface area contributed by atoms with Gasteiger partial charge < -0.3 is 4.74 Å². The van der Waals surface area contributed by atoms with Gasteiger partial charge in [0.15, 0.2) is 12.0 Å². The highest BCUT2D eigenvalue weighted by molar-refractivity contribution is 8.00. The SMILES string of the molecule is CCOC(=O)C(F)(F)Sc1nc2n(n1)[C@H](c1ccccc1)C[C@@H]2F. The number of aromatic nitrogens is 3. The van der Waals surface area contributed by atoms with Gasteiger partial charge in [0.05, 0.1) is 12.6 Å². The fraction of sp³-hybridized carbons (Fsp3) is 0.400. The molecule has 2 aromatic rings. The summed E-state index contributed by atoms with van der Waals surface area (Å²) >= 11 is -0.140. The van der Waals surface area contributed by atoms with Crippen molar-refractivity contribution in [1.29, 1.82) is 0 Å². The second-order valence-corrected chi connectivity index (χ2v) is 6.25. The molecule has 9 heteroatoms. The summed E-state index contributed by atoms with van der Waals surface area (Å²) in [6.07, 6.45) is -1.24. The molecule has 2 atom stereocenters. The summed E-state index contributed by atoms with van der Waals surface area (Å²) in [5, 5.41) is -0.214. The summed E-state index contributed by atoms with van der Waals surface area (Å²) in [5.41, 5.74) is 0.817. The van der Waals surface area contributed by atoms with Gasteiger partial charge in [-0.05, 0) is 12.5 Å². The Kier molecular flexibility index (Phi) is 4.53. The van der Waals surface area contributed by atoms with Crippen LogP contribution in [0.5, 0.6) is 0 Å². The monoisotopic (exact) mass is 357 g/mol. The first-order chi connectivity index (χ1) is 11.4. The summed E-state index contributed by atoms with van der Waals surface area (Å²) in [6.45, 7) is 1.27. The van der Waals surface area contributed by atoms with Crippen LogP contribution in [0.15, 0.2) is 35.5 Å². The molecule has 1 aliphatic heterocycles. The number of alkyl halides is 3. The Hall–Kier alpha value is -2.03. The minimum atomic E-state index is -3.83. The number of carbonyl (C=O) groups is 1. The van der Waals surface area contributed by atoms with E-state index in [9.17, 15) is 18.0 Å². The minimum Gasteiger partial charge on any atom is -0.461 e. The Labute approximate surface area is 140 Å². The molecule has 3 rings (SSSR count). The molecule has 0 unspecified atom stereocenters. The third-order valence-corrected chi connectivity index (χ3v) is 4.34. The van der Waals surface area contributed by atoms with E-state index in [2.05, 4.69) is 14.8 Å². The molecule has 24 heavy (non-hydrogen) atoms. The van der Waals surface area contributed by atoms with Crippen molar-refractivity contribution in [2.24, 2.45) is 0 Å². The van der Waals surface area contributed by atoms with Crippen molar-refractivity contribution in [2.45, 2.75) is 36.0 Å². The topological polar surface area (TPSA) is 57.0 Å². The molecule has 0 spiro atoms. The molecular weight excluding hydrogens is 343 g/mol. The van der Waals surface area contributed by atoms with Crippen LogP contribution in [-0.4, -0.2) is 32.6 Å². The summed E-state index contributed by atoms with van der Waals surface area (Å²) < 4.78 is 47.3. The number of ether oxygens (including phenoxy) is 1. The molecule has 0 saturated heterocycles. The lowest BCUT2D eigenvalue weighted by molar-refractivity contribution is -0.159.